The number of hydrogen-bond acceptors (Lipinski definition) is 6. The van der Waals surface area contributed by atoms with Gasteiger partial charge in [-0.05, 0) is 30.7 Å². The molecule has 2 N–H and O–H groups in total. The van der Waals surface area contributed by atoms with Gasteiger partial charge in [0.25, 0.3) is 0 Å². The lowest BCUT2D eigenvalue weighted by Crippen LogP contribution is -2.31. The summed E-state index contributed by atoms with van der Waals surface area (Å²) in [6.07, 6.45) is 5.33. The Bertz CT molecular complexity index is 856. The van der Waals surface area contributed by atoms with Crippen LogP contribution < -0.4 is 5.32 Å². The number of hydrogen-bond donors (Lipinski definition) is 2. The number of anilines is 1. The first-order chi connectivity index (χ1) is 14.5. The Morgan fingerprint density at radius 3 is 2.70 bits per heavy atom. The zero-order valence-corrected chi connectivity index (χ0v) is 17.3. The van der Waals surface area contributed by atoms with E-state index in [1.54, 1.807) is 37.3 Å². The Kier molecular flexibility index (Phi) is 8.83. The van der Waals surface area contributed by atoms with Crippen LogP contribution in [0.25, 0.3) is 0 Å². The van der Waals surface area contributed by atoms with Crippen molar-refractivity contribution in [1.82, 2.24) is 5.01 Å². The highest BCUT2D eigenvalue weighted by atomic mass is 16.5. The van der Waals surface area contributed by atoms with Gasteiger partial charge in [-0.3, -0.25) is 10.1 Å². The minimum Gasteiger partial charge on any atom is -0.497 e. The van der Waals surface area contributed by atoms with Crippen LogP contribution in [0.5, 0.6) is 0 Å². The average Bonchev–Trinajstić information content (AvgIpc) is 2.74. The summed E-state index contributed by atoms with van der Waals surface area (Å²) in [5.41, 5.74) is 2.89. The van der Waals surface area contributed by atoms with Crippen LogP contribution >= 0.6 is 0 Å². The molecule has 1 aromatic rings. The van der Waals surface area contributed by atoms with Gasteiger partial charge in [0.05, 0.1) is 32.6 Å². The molecule has 0 saturated carbocycles. The molecule has 0 radical (unpaired) electrons. The highest BCUT2D eigenvalue weighted by Gasteiger charge is 2.22. The molecule has 8 nitrogen and oxygen atoms in total. The summed E-state index contributed by atoms with van der Waals surface area (Å²) in [5, 5.41) is 17.6. The number of benzene rings is 1. The molecule has 0 unspecified atom stereocenters. The second-order valence-electron chi connectivity index (χ2n) is 6.40. The van der Waals surface area contributed by atoms with E-state index in [1.807, 2.05) is 12.1 Å². The number of nitrogens with one attached hydrogen (secondary N) is 1. The Morgan fingerprint density at radius 1 is 1.33 bits per heavy atom. The van der Waals surface area contributed by atoms with Crippen molar-refractivity contribution in [2.24, 2.45) is 5.10 Å². The molecule has 8 heteroatoms. The number of carbonyl (C=O) groups is 2. The minimum atomic E-state index is -0.515. The molecule has 1 aliphatic rings. The molecule has 1 aliphatic heterocycles. The van der Waals surface area contributed by atoms with Crippen LogP contribution in [-0.2, 0) is 20.8 Å². The third-order valence-electron chi connectivity index (χ3n) is 4.23. The van der Waals surface area contributed by atoms with Gasteiger partial charge in [-0.2, -0.15) is 5.10 Å². The third-order valence-corrected chi connectivity index (χ3v) is 4.23. The molecule has 0 bridgehead atoms. The fourth-order valence-corrected chi connectivity index (χ4v) is 2.72. The minimum absolute atomic E-state index is 0.0801. The lowest BCUT2D eigenvalue weighted by atomic mass is 10.0. The predicted octanol–water partition coefficient (Wildman–Crippen LogP) is 3.37. The smallest absolute Gasteiger partial charge is 0.411 e. The summed E-state index contributed by atoms with van der Waals surface area (Å²) in [4.78, 5) is 23.9. The molecule has 1 aromatic carbocycles. The van der Waals surface area contributed by atoms with Gasteiger partial charge in [0, 0.05) is 24.1 Å². The van der Waals surface area contributed by atoms with Gasteiger partial charge >= 0.3 is 6.09 Å². The quantitative estimate of drug-likeness (QED) is 0.478. The fourth-order valence-electron chi connectivity index (χ4n) is 2.72. The number of rotatable bonds is 9. The summed E-state index contributed by atoms with van der Waals surface area (Å²) < 4.78 is 9.95. The second-order valence-corrected chi connectivity index (χ2v) is 6.40. The van der Waals surface area contributed by atoms with Gasteiger partial charge in [-0.15, -0.1) is 0 Å². The Balaban J connectivity index is 2.16. The van der Waals surface area contributed by atoms with Crippen molar-refractivity contribution in [1.29, 1.82) is 0 Å². The van der Waals surface area contributed by atoms with Crippen LogP contribution in [0.1, 0.15) is 25.3 Å². The number of ether oxygens (including phenoxy) is 2. The molecule has 2 rings (SSSR count). The number of amides is 2. The molecule has 0 aliphatic carbocycles. The molecule has 160 valence electrons. The number of aliphatic hydroxyl groups is 1. The van der Waals surface area contributed by atoms with Crippen LogP contribution in [0.15, 0.2) is 65.5 Å². The number of hydrazone groups is 1. The summed E-state index contributed by atoms with van der Waals surface area (Å²) in [6, 6.07) is 7.11. The van der Waals surface area contributed by atoms with Crippen molar-refractivity contribution in [2.75, 3.05) is 25.6 Å². The molecule has 0 fully saturated rings. The second kappa shape index (κ2) is 11.6. The molecule has 1 heterocycles. The number of aliphatic hydroxyl groups excluding tert-OH is 1. The van der Waals surface area contributed by atoms with E-state index >= 15 is 0 Å². The number of allylic oxidation sites excluding steroid dienone is 3. The highest BCUT2D eigenvalue weighted by molar-refractivity contribution is 6.06. The van der Waals surface area contributed by atoms with Crippen molar-refractivity contribution in [3.8, 4) is 0 Å². The van der Waals surface area contributed by atoms with Crippen LogP contribution in [0.2, 0.25) is 0 Å². The Labute approximate surface area is 176 Å². The highest BCUT2D eigenvalue weighted by Crippen LogP contribution is 2.20. The molecular formula is C22H27N3O5. The maximum Gasteiger partial charge on any atom is 0.411 e. The Hall–Kier alpha value is -3.39. The van der Waals surface area contributed by atoms with Gasteiger partial charge in [0.1, 0.15) is 5.76 Å². The summed E-state index contributed by atoms with van der Waals surface area (Å²) >= 11 is 0. The summed E-state index contributed by atoms with van der Waals surface area (Å²) in [6.45, 7) is 6.00. The van der Waals surface area contributed by atoms with E-state index in [2.05, 4.69) is 17.0 Å². The fraction of sp³-hybridized carbons (Fsp3) is 0.318. The number of nitrogens with zero attached hydrogens (tertiary/aromatic N) is 2. The predicted molar refractivity (Wildman–Crippen MR) is 115 cm³/mol. The molecule has 0 spiro atoms. The topological polar surface area (TPSA) is 100 Å². The van der Waals surface area contributed by atoms with Crippen LogP contribution in [0, 0.1) is 0 Å². The van der Waals surface area contributed by atoms with E-state index in [9.17, 15) is 9.59 Å². The third kappa shape index (κ3) is 6.89. The van der Waals surface area contributed by atoms with Crippen LogP contribution in [0.3, 0.4) is 0 Å². The summed E-state index contributed by atoms with van der Waals surface area (Å²) in [5.74, 6) is 0.368. The van der Waals surface area contributed by atoms with Crippen LogP contribution in [0.4, 0.5) is 10.5 Å². The maximum absolute atomic E-state index is 12.4. The molecule has 0 aromatic heterocycles. The SMILES string of the molecule is C=C(/C=C(\C=C/CO)C1=NN(Cc2ccc(NC(=O)OCC)cc2)C(=O)CC1)OC. The van der Waals surface area contributed by atoms with Crippen molar-refractivity contribution in [2.45, 2.75) is 26.3 Å². The summed E-state index contributed by atoms with van der Waals surface area (Å²) in [7, 11) is 1.52. The monoisotopic (exact) mass is 413 g/mol. The average molecular weight is 413 g/mol. The van der Waals surface area contributed by atoms with E-state index in [4.69, 9.17) is 14.6 Å². The van der Waals surface area contributed by atoms with Gasteiger partial charge in [0.15, 0.2) is 0 Å². The van der Waals surface area contributed by atoms with E-state index in [0.29, 0.717) is 43.2 Å². The number of methoxy groups -OCH3 is 1. The van der Waals surface area contributed by atoms with Gasteiger partial charge in [-0.25, -0.2) is 9.80 Å². The molecule has 0 atom stereocenters. The first-order valence-electron chi connectivity index (χ1n) is 9.59. The zero-order chi connectivity index (χ0) is 21.9. The number of carbonyl (C=O) groups excluding carboxylic acids is 2. The zero-order valence-electron chi connectivity index (χ0n) is 17.3. The van der Waals surface area contributed by atoms with Crippen LogP contribution in [-0.4, -0.2) is 48.2 Å². The van der Waals surface area contributed by atoms with Crippen molar-refractivity contribution in [3.05, 3.63) is 66.0 Å². The largest absolute Gasteiger partial charge is 0.497 e. The molecule has 2 amide bonds. The van der Waals surface area contributed by atoms with Crippen molar-refractivity contribution >= 4 is 23.4 Å². The maximum atomic E-state index is 12.4. The van der Waals surface area contributed by atoms with Gasteiger partial charge < -0.3 is 14.6 Å². The lowest BCUT2D eigenvalue weighted by molar-refractivity contribution is -0.132. The first kappa shape index (κ1) is 22.9. The normalized spacial score (nSPS) is 14.5. The van der Waals surface area contributed by atoms with E-state index in [-0.39, 0.29) is 12.5 Å². The lowest BCUT2D eigenvalue weighted by Gasteiger charge is -2.24. The first-order valence-corrected chi connectivity index (χ1v) is 9.59. The van der Waals surface area contributed by atoms with Gasteiger partial charge in [0.2, 0.25) is 5.91 Å². The molecule has 0 saturated heterocycles. The van der Waals surface area contributed by atoms with Crippen molar-refractivity contribution in [3.63, 3.8) is 0 Å². The van der Waals surface area contributed by atoms with Crippen molar-refractivity contribution < 1.29 is 24.2 Å². The molecule has 30 heavy (non-hydrogen) atoms. The molecular weight excluding hydrogens is 386 g/mol. The van der Waals surface area contributed by atoms with Gasteiger partial charge in [-0.1, -0.05) is 30.9 Å². The van der Waals surface area contributed by atoms with E-state index in [1.165, 1.54) is 12.1 Å². The Morgan fingerprint density at radius 2 is 2.07 bits per heavy atom. The standard InChI is InChI=1S/C22H27N3O5/c1-4-30-22(28)23-19-9-7-17(8-10-19)15-25-21(27)12-11-20(24-25)18(6-5-13-26)14-16(2)29-3/h5-10,14,26H,2,4,11-13,15H2,1,3H3,(H,23,28)/b6-5-,18-14+. The van der Waals surface area contributed by atoms with E-state index in [0.717, 1.165) is 11.1 Å². The van der Waals surface area contributed by atoms with E-state index < -0.39 is 6.09 Å².